The second-order valence-electron chi connectivity index (χ2n) is 11.3. The first-order valence-corrected chi connectivity index (χ1v) is 13.8. The van der Waals surface area contributed by atoms with Gasteiger partial charge in [-0.2, -0.15) is 0 Å². The zero-order chi connectivity index (χ0) is 28.4. The zero-order valence-corrected chi connectivity index (χ0v) is 24.1. The van der Waals surface area contributed by atoms with E-state index in [1.807, 2.05) is 35.0 Å². The lowest BCUT2D eigenvalue weighted by atomic mass is 9.97. The van der Waals surface area contributed by atoms with Crippen LogP contribution in [0.2, 0.25) is 0 Å². The lowest BCUT2D eigenvalue weighted by Crippen LogP contribution is -2.38. The Hall–Kier alpha value is -3.92. The van der Waals surface area contributed by atoms with Crippen LogP contribution in [0.1, 0.15) is 64.0 Å². The van der Waals surface area contributed by atoms with Crippen molar-refractivity contribution in [3.05, 3.63) is 69.8 Å². The molecule has 2 aromatic carbocycles. The third kappa shape index (κ3) is 5.54. The summed E-state index contributed by atoms with van der Waals surface area (Å²) >= 11 is 0. The van der Waals surface area contributed by atoms with Crippen molar-refractivity contribution in [3.63, 3.8) is 0 Å². The molecule has 0 unspecified atom stereocenters. The van der Waals surface area contributed by atoms with Gasteiger partial charge in [0, 0.05) is 30.1 Å². The standard InChI is InChI=1S/C30H38N6O4/c1-7-30(4,5)36-28(32-33-34-36)27(19(2)3)35(17-20-8-10-23(38-6)11-9-20)18-22-14-21-15-25-26(40-13-12-39-25)16-24(21)31-29(22)37/h8-11,14-16,19,27H,7,12-13,17-18H2,1-6H3,(H,31,37)/t27-/m1/s1. The highest BCUT2D eigenvalue weighted by Gasteiger charge is 2.34. The van der Waals surface area contributed by atoms with E-state index in [1.165, 1.54) is 0 Å². The second kappa shape index (κ2) is 11.3. The second-order valence-corrected chi connectivity index (χ2v) is 11.3. The highest BCUT2D eigenvalue weighted by atomic mass is 16.6. The number of hydrogen-bond acceptors (Lipinski definition) is 8. The molecule has 0 radical (unpaired) electrons. The van der Waals surface area contributed by atoms with Crippen molar-refractivity contribution in [1.82, 2.24) is 30.1 Å². The molecule has 0 bridgehead atoms. The number of pyridine rings is 1. The summed E-state index contributed by atoms with van der Waals surface area (Å²) in [5, 5.41) is 13.9. The van der Waals surface area contributed by atoms with Crippen molar-refractivity contribution >= 4 is 10.9 Å². The maximum absolute atomic E-state index is 13.4. The van der Waals surface area contributed by atoms with Gasteiger partial charge in [0.2, 0.25) is 0 Å². The van der Waals surface area contributed by atoms with Gasteiger partial charge >= 0.3 is 0 Å². The average Bonchev–Trinajstić information content (AvgIpc) is 3.43. The normalized spacial score (nSPS) is 14.2. The van der Waals surface area contributed by atoms with E-state index < -0.39 is 0 Å². The molecule has 0 saturated carbocycles. The predicted octanol–water partition coefficient (Wildman–Crippen LogP) is 4.84. The number of fused-ring (bicyclic) bond motifs is 2. The minimum atomic E-state index is -0.265. The summed E-state index contributed by atoms with van der Waals surface area (Å²) in [6.45, 7) is 12.7. The van der Waals surface area contributed by atoms with Crippen LogP contribution in [0.4, 0.5) is 0 Å². The molecule has 40 heavy (non-hydrogen) atoms. The fourth-order valence-corrected chi connectivity index (χ4v) is 5.18. The number of tetrazole rings is 1. The first-order valence-electron chi connectivity index (χ1n) is 13.8. The van der Waals surface area contributed by atoms with Gasteiger partial charge in [-0.3, -0.25) is 9.69 Å². The third-order valence-corrected chi connectivity index (χ3v) is 7.72. The first kappa shape index (κ1) is 27.6. The maximum Gasteiger partial charge on any atom is 0.252 e. The van der Waals surface area contributed by atoms with E-state index in [9.17, 15) is 4.79 Å². The minimum Gasteiger partial charge on any atom is -0.497 e. The maximum atomic E-state index is 13.4. The molecule has 0 amide bonds. The summed E-state index contributed by atoms with van der Waals surface area (Å²) in [6, 6.07) is 13.6. The lowest BCUT2D eigenvalue weighted by molar-refractivity contribution is 0.117. The molecule has 10 nitrogen and oxygen atoms in total. The Morgan fingerprint density at radius 1 is 1.07 bits per heavy atom. The number of aromatic amines is 1. The van der Waals surface area contributed by atoms with Crippen LogP contribution >= 0.6 is 0 Å². The van der Waals surface area contributed by atoms with E-state index in [1.54, 1.807) is 7.11 Å². The van der Waals surface area contributed by atoms with Gasteiger partial charge in [-0.05, 0) is 66.4 Å². The summed E-state index contributed by atoms with van der Waals surface area (Å²) in [7, 11) is 1.66. The highest BCUT2D eigenvalue weighted by Crippen LogP contribution is 2.35. The van der Waals surface area contributed by atoms with Crippen molar-refractivity contribution < 1.29 is 14.2 Å². The Labute approximate surface area is 234 Å². The third-order valence-electron chi connectivity index (χ3n) is 7.72. The Kier molecular flexibility index (Phi) is 7.80. The zero-order valence-electron chi connectivity index (χ0n) is 24.1. The van der Waals surface area contributed by atoms with Crippen LogP contribution in [0.25, 0.3) is 10.9 Å². The highest BCUT2D eigenvalue weighted by molar-refractivity contribution is 5.83. The quantitative estimate of drug-likeness (QED) is 0.301. The molecule has 2 aromatic heterocycles. The molecule has 0 saturated heterocycles. The molecular weight excluding hydrogens is 508 g/mol. The number of benzene rings is 2. The van der Waals surface area contributed by atoms with E-state index in [2.05, 4.69) is 72.2 Å². The van der Waals surface area contributed by atoms with Gasteiger partial charge in [-0.15, -0.1) is 5.10 Å². The van der Waals surface area contributed by atoms with Gasteiger partial charge in [-0.1, -0.05) is 32.9 Å². The Bertz CT molecular complexity index is 1530. The fraction of sp³-hybridized carbons (Fsp3) is 0.467. The van der Waals surface area contributed by atoms with Crippen molar-refractivity contribution in [1.29, 1.82) is 0 Å². The molecule has 0 fully saturated rings. The van der Waals surface area contributed by atoms with Crippen LogP contribution in [0.15, 0.2) is 47.3 Å². The van der Waals surface area contributed by atoms with Crippen LogP contribution in [-0.2, 0) is 18.6 Å². The van der Waals surface area contributed by atoms with Gasteiger partial charge in [0.25, 0.3) is 5.56 Å². The molecule has 10 heteroatoms. The molecule has 0 aliphatic carbocycles. The van der Waals surface area contributed by atoms with Crippen molar-refractivity contribution in [2.75, 3.05) is 20.3 Å². The number of hydrogen-bond donors (Lipinski definition) is 1. The summed E-state index contributed by atoms with van der Waals surface area (Å²) in [5.41, 5.74) is 2.06. The van der Waals surface area contributed by atoms with E-state index in [4.69, 9.17) is 14.2 Å². The molecule has 1 atom stereocenters. The average molecular weight is 547 g/mol. The van der Waals surface area contributed by atoms with Crippen LogP contribution in [0, 0.1) is 5.92 Å². The molecule has 1 aliphatic heterocycles. The van der Waals surface area contributed by atoms with Crippen molar-refractivity contribution in [3.8, 4) is 17.2 Å². The predicted molar refractivity (Wildman–Crippen MR) is 153 cm³/mol. The Morgan fingerprint density at radius 2 is 1.77 bits per heavy atom. The Morgan fingerprint density at radius 3 is 2.42 bits per heavy atom. The van der Waals surface area contributed by atoms with Crippen LogP contribution in [0.3, 0.4) is 0 Å². The summed E-state index contributed by atoms with van der Waals surface area (Å²) in [5.74, 6) is 3.08. The molecule has 1 N–H and O–H groups in total. The van der Waals surface area contributed by atoms with Gasteiger partial charge in [0.05, 0.1) is 24.2 Å². The largest absolute Gasteiger partial charge is 0.497 e. The van der Waals surface area contributed by atoms with Crippen molar-refractivity contribution in [2.24, 2.45) is 5.92 Å². The van der Waals surface area contributed by atoms with E-state index in [0.29, 0.717) is 48.9 Å². The number of ether oxygens (including phenoxy) is 3. The molecule has 5 rings (SSSR count). The van der Waals surface area contributed by atoms with Crippen LogP contribution < -0.4 is 19.8 Å². The molecule has 3 heterocycles. The summed E-state index contributed by atoms with van der Waals surface area (Å²) < 4.78 is 18.8. The summed E-state index contributed by atoms with van der Waals surface area (Å²) in [6.07, 6.45) is 0.870. The monoisotopic (exact) mass is 546 g/mol. The molecule has 212 valence electrons. The number of methoxy groups -OCH3 is 1. The fourth-order valence-electron chi connectivity index (χ4n) is 5.18. The SMILES string of the molecule is CCC(C)(C)n1nnnc1[C@@H](C(C)C)N(Cc1ccc(OC)cc1)Cc1cc2cc3c(cc2[nH]c1=O)OCCO3. The van der Waals surface area contributed by atoms with Gasteiger partial charge in [0.1, 0.15) is 19.0 Å². The van der Waals surface area contributed by atoms with E-state index in [0.717, 1.165) is 28.9 Å². The summed E-state index contributed by atoms with van der Waals surface area (Å²) in [4.78, 5) is 18.8. The molecular formula is C30H38N6O4. The number of aromatic nitrogens is 5. The number of H-pyrrole nitrogens is 1. The smallest absolute Gasteiger partial charge is 0.252 e. The lowest BCUT2D eigenvalue weighted by Gasteiger charge is -2.35. The molecule has 1 aliphatic rings. The number of nitrogens with one attached hydrogen (secondary N) is 1. The van der Waals surface area contributed by atoms with E-state index in [-0.39, 0.29) is 23.1 Å². The topological polar surface area (TPSA) is 107 Å². The van der Waals surface area contributed by atoms with Crippen LogP contribution in [-0.4, -0.2) is 50.4 Å². The minimum absolute atomic E-state index is 0.139. The Balaban J connectivity index is 1.58. The molecule has 0 spiro atoms. The van der Waals surface area contributed by atoms with Crippen molar-refractivity contribution in [2.45, 2.75) is 65.7 Å². The molecule has 4 aromatic rings. The van der Waals surface area contributed by atoms with Gasteiger partial charge < -0.3 is 19.2 Å². The van der Waals surface area contributed by atoms with Gasteiger partial charge in [-0.25, -0.2) is 4.68 Å². The number of nitrogens with zero attached hydrogens (tertiary/aromatic N) is 5. The first-order chi connectivity index (χ1) is 19.2. The van der Waals surface area contributed by atoms with Gasteiger partial charge in [0.15, 0.2) is 17.3 Å². The number of rotatable bonds is 10. The van der Waals surface area contributed by atoms with Crippen LogP contribution in [0.5, 0.6) is 17.2 Å². The van der Waals surface area contributed by atoms with E-state index >= 15 is 0 Å².